The molecule has 1 fully saturated rings. The molecule has 3 heterocycles. The van der Waals surface area contributed by atoms with Gasteiger partial charge in [-0.2, -0.15) is 0 Å². The first kappa shape index (κ1) is 24.7. The number of carboxylic acid groups (broad SMARTS) is 1. The third-order valence-corrected chi connectivity index (χ3v) is 6.10. The summed E-state index contributed by atoms with van der Waals surface area (Å²) in [4.78, 5) is 34.7. The van der Waals surface area contributed by atoms with Gasteiger partial charge in [-0.1, -0.05) is 12.1 Å². The summed E-state index contributed by atoms with van der Waals surface area (Å²) in [5.41, 5.74) is 0.0943. The van der Waals surface area contributed by atoms with Crippen molar-refractivity contribution in [2.24, 2.45) is 4.99 Å². The molecule has 0 amide bonds. The number of thiazole rings is 1. The zero-order valence-electron chi connectivity index (χ0n) is 18.6. The topological polar surface area (TPSA) is 123 Å². The van der Waals surface area contributed by atoms with Crippen LogP contribution in [0.1, 0.15) is 23.5 Å². The van der Waals surface area contributed by atoms with Crippen LogP contribution in [-0.4, -0.2) is 72.1 Å². The Hall–Kier alpha value is -3.42. The van der Waals surface area contributed by atoms with Gasteiger partial charge in [0.25, 0.3) is 0 Å². The molecule has 1 aromatic heterocycles. The van der Waals surface area contributed by atoms with E-state index in [4.69, 9.17) is 19.3 Å². The van der Waals surface area contributed by atoms with Gasteiger partial charge in [0.1, 0.15) is 6.04 Å². The summed E-state index contributed by atoms with van der Waals surface area (Å²) < 4.78 is 44.6. The predicted octanol–water partition coefficient (Wildman–Crippen LogP) is 2.68. The maximum Gasteiger partial charge on any atom is 0.507 e. The number of halogens is 2. The minimum atomic E-state index is -1.48. The lowest BCUT2D eigenvalue weighted by Gasteiger charge is -2.36. The molecule has 0 spiro atoms. The molecule has 1 saturated heterocycles. The van der Waals surface area contributed by atoms with E-state index < -0.39 is 36.0 Å². The van der Waals surface area contributed by atoms with Gasteiger partial charge < -0.3 is 24.6 Å². The highest BCUT2D eigenvalue weighted by atomic mass is 32.1. The van der Waals surface area contributed by atoms with Gasteiger partial charge in [-0.25, -0.2) is 23.4 Å². The number of aromatic nitrogens is 1. The fourth-order valence-corrected chi connectivity index (χ4v) is 4.39. The molecule has 0 aliphatic carbocycles. The highest BCUT2D eigenvalue weighted by molar-refractivity contribution is 7.11. The Morgan fingerprint density at radius 2 is 2.20 bits per heavy atom. The van der Waals surface area contributed by atoms with E-state index >= 15 is 0 Å². The number of hydrogen-bond donors (Lipinski definition) is 2. The van der Waals surface area contributed by atoms with Gasteiger partial charge in [0.15, 0.2) is 28.7 Å². The molecule has 4 rings (SSSR count). The molecule has 2 aliphatic rings. The molecule has 186 valence electrons. The molecular weight excluding hydrogens is 486 g/mol. The Morgan fingerprint density at radius 3 is 2.91 bits per heavy atom. The number of morpholine rings is 1. The number of benzene rings is 1. The van der Waals surface area contributed by atoms with Crippen LogP contribution in [0.15, 0.2) is 46.0 Å². The molecule has 13 heteroatoms. The Bertz CT molecular complexity index is 1160. The normalized spacial score (nSPS) is 20.7. The lowest BCUT2D eigenvalue weighted by atomic mass is 9.94. The highest BCUT2D eigenvalue weighted by Crippen LogP contribution is 2.35. The van der Waals surface area contributed by atoms with Gasteiger partial charge in [-0.15, -0.1) is 11.3 Å². The molecular formula is C22H22F2N4O6S. The van der Waals surface area contributed by atoms with Crippen molar-refractivity contribution in [2.75, 3.05) is 32.9 Å². The quantitative estimate of drug-likeness (QED) is 0.544. The number of hydrogen-bond acceptors (Lipinski definition) is 10. The Kier molecular flexibility index (Phi) is 7.68. The zero-order valence-corrected chi connectivity index (χ0v) is 19.4. The zero-order chi connectivity index (χ0) is 24.9. The van der Waals surface area contributed by atoms with Gasteiger partial charge in [0.05, 0.1) is 25.4 Å². The summed E-state index contributed by atoms with van der Waals surface area (Å²) in [5, 5.41) is 14.4. The number of ether oxygens (including phenoxy) is 3. The van der Waals surface area contributed by atoms with Gasteiger partial charge in [-0.3, -0.25) is 9.89 Å². The summed E-state index contributed by atoms with van der Waals surface area (Å²) in [5.74, 6) is -2.74. The molecule has 35 heavy (non-hydrogen) atoms. The van der Waals surface area contributed by atoms with Crippen molar-refractivity contribution in [3.05, 3.63) is 63.3 Å². The minimum absolute atomic E-state index is 0.00666. The van der Waals surface area contributed by atoms with Crippen LogP contribution in [0.4, 0.5) is 13.6 Å². The van der Waals surface area contributed by atoms with E-state index in [2.05, 4.69) is 15.3 Å². The molecule has 2 atom stereocenters. The first-order valence-electron chi connectivity index (χ1n) is 10.7. The van der Waals surface area contributed by atoms with Crippen LogP contribution in [0.25, 0.3) is 0 Å². The molecule has 0 unspecified atom stereocenters. The van der Waals surface area contributed by atoms with Crippen molar-refractivity contribution in [1.29, 1.82) is 0 Å². The van der Waals surface area contributed by atoms with E-state index in [-0.39, 0.29) is 42.4 Å². The third-order valence-electron chi connectivity index (χ3n) is 5.32. The first-order valence-corrected chi connectivity index (χ1v) is 11.6. The second kappa shape index (κ2) is 10.9. The van der Waals surface area contributed by atoms with Crippen molar-refractivity contribution in [3.8, 4) is 0 Å². The van der Waals surface area contributed by atoms with Crippen molar-refractivity contribution < 1.29 is 37.7 Å². The average molecular weight is 509 g/mol. The lowest BCUT2D eigenvalue weighted by molar-refractivity contribution is -0.139. The Labute approximate surface area is 202 Å². The molecule has 2 N–H and O–H groups in total. The molecule has 0 radical (unpaired) electrons. The standard InChI is InChI=1S/C22H22F2N4O6S/c1-2-33-21(29)16-14(10-28-7-8-32-11-15(28)34-22(30)31)26-19(20-25-6-9-35-20)27-18(16)12-4-3-5-13(23)17(12)24/h3-6,9,15,18H,2,7-8,10-11H2,1H3,(H,26,27)(H,30,31)/t15-,18-/m0/s1. The van der Waals surface area contributed by atoms with Crippen molar-refractivity contribution >= 4 is 29.3 Å². The molecule has 0 saturated carbocycles. The van der Waals surface area contributed by atoms with Crippen LogP contribution in [-0.2, 0) is 19.0 Å². The summed E-state index contributed by atoms with van der Waals surface area (Å²) in [6.07, 6.45) is -0.859. The number of esters is 1. The number of nitrogens with zero attached hydrogens (tertiary/aromatic N) is 3. The Morgan fingerprint density at radius 1 is 1.37 bits per heavy atom. The van der Waals surface area contributed by atoms with Crippen molar-refractivity contribution in [2.45, 2.75) is 19.2 Å². The largest absolute Gasteiger partial charge is 0.507 e. The SMILES string of the molecule is CCOC(=O)C1=C(CN2CCOC[C@@H]2OC(=O)O)NC(c2nccs2)=N[C@H]1c1cccc(F)c1F. The fraction of sp³-hybridized carbons (Fsp3) is 0.364. The number of aliphatic imine (C=N–C) groups is 1. The first-order chi connectivity index (χ1) is 16.9. The van der Waals surface area contributed by atoms with E-state index in [0.29, 0.717) is 18.2 Å². The smallest absolute Gasteiger partial charge is 0.463 e. The fourth-order valence-electron chi connectivity index (χ4n) is 3.80. The third kappa shape index (κ3) is 5.47. The molecule has 1 aromatic carbocycles. The van der Waals surface area contributed by atoms with Crippen LogP contribution in [0.2, 0.25) is 0 Å². The predicted molar refractivity (Wildman–Crippen MR) is 120 cm³/mol. The van der Waals surface area contributed by atoms with E-state index in [1.165, 1.54) is 23.5 Å². The monoisotopic (exact) mass is 508 g/mol. The van der Waals surface area contributed by atoms with Crippen LogP contribution < -0.4 is 5.32 Å². The van der Waals surface area contributed by atoms with Crippen LogP contribution in [0.5, 0.6) is 0 Å². The molecule has 0 bridgehead atoms. The molecule has 2 aliphatic heterocycles. The van der Waals surface area contributed by atoms with Gasteiger partial charge in [0.2, 0.25) is 0 Å². The van der Waals surface area contributed by atoms with Crippen LogP contribution >= 0.6 is 11.3 Å². The van der Waals surface area contributed by atoms with Gasteiger partial charge in [0, 0.05) is 35.9 Å². The summed E-state index contributed by atoms with van der Waals surface area (Å²) in [6, 6.07) is 2.41. The molecule has 10 nitrogen and oxygen atoms in total. The second-order valence-electron chi connectivity index (χ2n) is 7.48. The van der Waals surface area contributed by atoms with E-state index in [1.807, 2.05) is 0 Å². The summed E-state index contributed by atoms with van der Waals surface area (Å²) >= 11 is 1.26. The number of amidine groups is 1. The summed E-state index contributed by atoms with van der Waals surface area (Å²) in [6.45, 7) is 2.24. The van der Waals surface area contributed by atoms with Gasteiger partial charge in [-0.05, 0) is 13.0 Å². The highest BCUT2D eigenvalue weighted by Gasteiger charge is 2.37. The van der Waals surface area contributed by atoms with Crippen LogP contribution in [0.3, 0.4) is 0 Å². The van der Waals surface area contributed by atoms with E-state index in [0.717, 1.165) is 6.07 Å². The van der Waals surface area contributed by atoms with E-state index in [9.17, 15) is 18.4 Å². The second-order valence-corrected chi connectivity index (χ2v) is 8.38. The number of carbonyl (C=O) groups is 2. The van der Waals surface area contributed by atoms with Gasteiger partial charge >= 0.3 is 12.1 Å². The van der Waals surface area contributed by atoms with Crippen molar-refractivity contribution in [1.82, 2.24) is 15.2 Å². The maximum atomic E-state index is 14.9. The van der Waals surface area contributed by atoms with Crippen molar-refractivity contribution in [3.63, 3.8) is 0 Å². The van der Waals surface area contributed by atoms with E-state index in [1.54, 1.807) is 23.4 Å². The number of nitrogens with one attached hydrogen (secondary N) is 1. The number of carbonyl (C=O) groups excluding carboxylic acids is 1. The maximum absolute atomic E-state index is 14.9. The Balaban J connectivity index is 1.82. The average Bonchev–Trinajstić information content (AvgIpc) is 3.37. The number of rotatable bonds is 7. The van der Waals surface area contributed by atoms with Crippen LogP contribution in [0, 0.1) is 11.6 Å². The lowest BCUT2D eigenvalue weighted by Crippen LogP contribution is -2.50. The molecule has 2 aromatic rings. The summed E-state index contributed by atoms with van der Waals surface area (Å²) in [7, 11) is 0. The minimum Gasteiger partial charge on any atom is -0.463 e.